The summed E-state index contributed by atoms with van der Waals surface area (Å²) in [6.45, 7) is 4.60. The largest absolute Gasteiger partial charge is 0.466 e. The van der Waals surface area contributed by atoms with Gasteiger partial charge in [0.2, 0.25) is 0 Å². The van der Waals surface area contributed by atoms with Gasteiger partial charge >= 0.3 is 11.9 Å². The molecule has 0 amide bonds. The number of hydrogen-bond acceptors (Lipinski definition) is 4. The number of ether oxygens (including phenoxy) is 2. The van der Waals surface area contributed by atoms with Crippen molar-refractivity contribution in [2.75, 3.05) is 7.11 Å². The van der Waals surface area contributed by atoms with Crippen molar-refractivity contribution in [2.24, 2.45) is 0 Å². The Morgan fingerprint density at radius 1 is 1.55 bits per heavy atom. The highest BCUT2D eigenvalue weighted by molar-refractivity contribution is 5.84. The standard InChI is InChI=1S/C7H10O4/c1-4-6(8)11-5(2)7(9)10-3/h4-5H,1H2,2-3H3. The van der Waals surface area contributed by atoms with Crippen LogP contribution in [0.2, 0.25) is 0 Å². The molecule has 4 nitrogen and oxygen atoms in total. The first-order chi connectivity index (χ1) is 5.11. The van der Waals surface area contributed by atoms with Gasteiger partial charge in [0.25, 0.3) is 0 Å². The Labute approximate surface area is 64.8 Å². The average Bonchev–Trinajstić information content (AvgIpc) is 2.02. The zero-order valence-electron chi connectivity index (χ0n) is 6.49. The lowest BCUT2D eigenvalue weighted by molar-refractivity contribution is -0.161. The molecule has 0 aromatic heterocycles. The summed E-state index contributed by atoms with van der Waals surface area (Å²) in [6, 6.07) is 0. The molecule has 62 valence electrons. The molecule has 0 aliphatic heterocycles. The first-order valence-corrected chi connectivity index (χ1v) is 3.02. The number of carbonyl (C=O) groups excluding carboxylic acids is 2. The number of esters is 2. The molecule has 1 atom stereocenters. The molecule has 0 bridgehead atoms. The normalized spacial score (nSPS) is 11.5. The van der Waals surface area contributed by atoms with E-state index < -0.39 is 18.0 Å². The predicted molar refractivity (Wildman–Crippen MR) is 37.8 cm³/mol. The smallest absolute Gasteiger partial charge is 0.346 e. The molecule has 0 rings (SSSR count). The summed E-state index contributed by atoms with van der Waals surface area (Å²) in [4.78, 5) is 21.1. The number of methoxy groups -OCH3 is 1. The van der Waals surface area contributed by atoms with Gasteiger partial charge < -0.3 is 9.47 Å². The highest BCUT2D eigenvalue weighted by Gasteiger charge is 2.15. The fraction of sp³-hybridized carbons (Fsp3) is 0.429. The zero-order valence-corrected chi connectivity index (χ0v) is 6.49. The van der Waals surface area contributed by atoms with Crippen LogP contribution in [0.5, 0.6) is 0 Å². The molecular weight excluding hydrogens is 148 g/mol. The van der Waals surface area contributed by atoms with Gasteiger partial charge in [-0.05, 0) is 6.92 Å². The van der Waals surface area contributed by atoms with Gasteiger partial charge in [-0.15, -0.1) is 0 Å². The fourth-order valence-corrected chi connectivity index (χ4v) is 0.436. The Hall–Kier alpha value is -1.32. The van der Waals surface area contributed by atoms with Gasteiger partial charge in [-0.2, -0.15) is 0 Å². The maximum absolute atomic E-state index is 10.6. The molecule has 4 heteroatoms. The van der Waals surface area contributed by atoms with E-state index >= 15 is 0 Å². The minimum Gasteiger partial charge on any atom is -0.466 e. The summed E-state index contributed by atoms with van der Waals surface area (Å²) in [5.74, 6) is -1.22. The molecule has 0 aromatic rings. The van der Waals surface area contributed by atoms with Crippen LogP contribution in [-0.2, 0) is 19.1 Å². The van der Waals surface area contributed by atoms with Crippen molar-refractivity contribution in [3.63, 3.8) is 0 Å². The lowest BCUT2D eigenvalue weighted by atomic mass is 10.4. The van der Waals surface area contributed by atoms with E-state index in [0.29, 0.717) is 0 Å². The van der Waals surface area contributed by atoms with Gasteiger partial charge in [0.15, 0.2) is 6.10 Å². The Balaban J connectivity index is 3.86. The quantitative estimate of drug-likeness (QED) is 0.437. The Kier molecular flexibility index (Phi) is 3.95. The molecule has 0 saturated heterocycles. The van der Waals surface area contributed by atoms with E-state index in [4.69, 9.17) is 0 Å². The summed E-state index contributed by atoms with van der Waals surface area (Å²) in [5, 5.41) is 0. The predicted octanol–water partition coefficient (Wildman–Crippen LogP) is 0.277. The van der Waals surface area contributed by atoms with E-state index in [-0.39, 0.29) is 0 Å². The number of carbonyl (C=O) groups is 2. The zero-order chi connectivity index (χ0) is 8.85. The molecule has 0 aliphatic rings. The molecule has 0 N–H and O–H groups in total. The molecule has 0 aliphatic carbocycles. The molecule has 0 fully saturated rings. The van der Waals surface area contributed by atoms with Crippen molar-refractivity contribution in [1.29, 1.82) is 0 Å². The summed E-state index contributed by atoms with van der Waals surface area (Å²) in [6.07, 6.45) is 0.116. The summed E-state index contributed by atoms with van der Waals surface area (Å²) < 4.78 is 8.83. The lowest BCUT2D eigenvalue weighted by Gasteiger charge is -2.07. The van der Waals surface area contributed by atoms with Gasteiger partial charge in [-0.25, -0.2) is 9.59 Å². The molecule has 11 heavy (non-hydrogen) atoms. The van der Waals surface area contributed by atoms with E-state index in [2.05, 4.69) is 16.1 Å². The maximum atomic E-state index is 10.6. The van der Waals surface area contributed by atoms with Gasteiger partial charge in [0.05, 0.1) is 7.11 Å². The minimum absolute atomic E-state index is 0.583. The van der Waals surface area contributed by atoms with Gasteiger partial charge in [0, 0.05) is 6.08 Å². The van der Waals surface area contributed by atoms with Crippen LogP contribution in [0.3, 0.4) is 0 Å². The average molecular weight is 158 g/mol. The van der Waals surface area contributed by atoms with Crippen LogP contribution in [0, 0.1) is 0 Å². The maximum Gasteiger partial charge on any atom is 0.346 e. The molecule has 1 unspecified atom stereocenters. The summed E-state index contributed by atoms with van der Waals surface area (Å²) in [5.41, 5.74) is 0. The van der Waals surface area contributed by atoms with Crippen LogP contribution >= 0.6 is 0 Å². The summed E-state index contributed by atoms with van der Waals surface area (Å²) >= 11 is 0. The SMILES string of the molecule is C=CC(=O)OC(C)C(=O)OC. The lowest BCUT2D eigenvalue weighted by Crippen LogP contribution is -2.24. The highest BCUT2D eigenvalue weighted by atomic mass is 16.6. The van der Waals surface area contributed by atoms with E-state index in [1.165, 1.54) is 14.0 Å². The van der Waals surface area contributed by atoms with Crippen molar-refractivity contribution in [2.45, 2.75) is 13.0 Å². The number of rotatable bonds is 3. The Bertz CT molecular complexity index is 173. The van der Waals surface area contributed by atoms with E-state index in [1.54, 1.807) is 0 Å². The van der Waals surface area contributed by atoms with Crippen molar-refractivity contribution in [3.8, 4) is 0 Å². The van der Waals surface area contributed by atoms with Gasteiger partial charge in [-0.3, -0.25) is 0 Å². The highest BCUT2D eigenvalue weighted by Crippen LogP contribution is 1.94. The van der Waals surface area contributed by atoms with E-state index in [0.717, 1.165) is 6.08 Å². The van der Waals surface area contributed by atoms with Crippen LogP contribution < -0.4 is 0 Å². The molecule has 0 heterocycles. The van der Waals surface area contributed by atoms with Crippen molar-refractivity contribution < 1.29 is 19.1 Å². The first kappa shape index (κ1) is 9.68. The molecule has 0 radical (unpaired) electrons. The Morgan fingerprint density at radius 3 is 2.45 bits per heavy atom. The fourth-order valence-electron chi connectivity index (χ4n) is 0.436. The molecule has 0 saturated carbocycles. The third-order valence-electron chi connectivity index (χ3n) is 0.993. The summed E-state index contributed by atoms with van der Waals surface area (Å²) in [7, 11) is 1.22. The second kappa shape index (κ2) is 4.49. The second-order valence-electron chi connectivity index (χ2n) is 1.81. The third kappa shape index (κ3) is 3.40. The first-order valence-electron chi connectivity index (χ1n) is 3.02. The molecule has 0 spiro atoms. The van der Waals surface area contributed by atoms with Crippen molar-refractivity contribution in [3.05, 3.63) is 12.7 Å². The van der Waals surface area contributed by atoms with Crippen molar-refractivity contribution >= 4 is 11.9 Å². The number of hydrogen-bond donors (Lipinski definition) is 0. The van der Waals surface area contributed by atoms with Gasteiger partial charge in [0.1, 0.15) is 0 Å². The van der Waals surface area contributed by atoms with E-state index in [9.17, 15) is 9.59 Å². The van der Waals surface area contributed by atoms with Crippen LogP contribution in [0.25, 0.3) is 0 Å². The molecular formula is C7H10O4. The Morgan fingerprint density at radius 2 is 2.09 bits per heavy atom. The second-order valence-corrected chi connectivity index (χ2v) is 1.81. The van der Waals surface area contributed by atoms with E-state index in [1.807, 2.05) is 0 Å². The van der Waals surface area contributed by atoms with Crippen LogP contribution in [0.4, 0.5) is 0 Å². The van der Waals surface area contributed by atoms with Crippen LogP contribution in [0.15, 0.2) is 12.7 Å². The minimum atomic E-state index is -0.870. The molecule has 0 aromatic carbocycles. The van der Waals surface area contributed by atoms with Crippen molar-refractivity contribution in [1.82, 2.24) is 0 Å². The van der Waals surface area contributed by atoms with Crippen LogP contribution in [0.1, 0.15) is 6.92 Å². The van der Waals surface area contributed by atoms with Crippen LogP contribution in [-0.4, -0.2) is 25.2 Å². The third-order valence-corrected chi connectivity index (χ3v) is 0.993. The van der Waals surface area contributed by atoms with Gasteiger partial charge in [-0.1, -0.05) is 6.58 Å². The monoisotopic (exact) mass is 158 g/mol. The topological polar surface area (TPSA) is 52.6 Å².